The lowest BCUT2D eigenvalue weighted by Crippen LogP contribution is -2.50. The Bertz CT molecular complexity index is 653. The fraction of sp³-hybridized carbons (Fsp3) is 0.818. The van der Waals surface area contributed by atoms with Crippen molar-refractivity contribution in [3.8, 4) is 0 Å². The number of fused-ring (bicyclic) bond motifs is 5. The Morgan fingerprint density at radius 3 is 2.65 bits per heavy atom. The standard InChI is InChI=1S/C22H32O4/c1-21-9-7-15(23)11-13(21)3-5-16-17-6-4-14(12-19(24)20(25)26)22(17,2)10-8-18(16)21/h11,14,16-19,24H,3-10,12H2,1-2H3,(H,25,26)/t14-,16-,17-,18-,19?,21-,22+/m0/s1. The molecule has 0 bridgehead atoms. The first kappa shape index (κ1) is 18.2. The summed E-state index contributed by atoms with van der Waals surface area (Å²) in [5, 5.41) is 19.0. The maximum atomic E-state index is 11.9. The van der Waals surface area contributed by atoms with E-state index in [1.807, 2.05) is 6.08 Å². The molecular weight excluding hydrogens is 328 g/mol. The molecule has 1 unspecified atom stereocenters. The number of rotatable bonds is 3. The van der Waals surface area contributed by atoms with Gasteiger partial charge in [-0.25, -0.2) is 4.79 Å². The quantitative estimate of drug-likeness (QED) is 0.798. The molecule has 0 aromatic rings. The third-order valence-corrected chi connectivity index (χ3v) is 8.95. The van der Waals surface area contributed by atoms with E-state index in [4.69, 9.17) is 5.11 Å². The van der Waals surface area contributed by atoms with E-state index >= 15 is 0 Å². The van der Waals surface area contributed by atoms with Crippen molar-refractivity contribution in [3.63, 3.8) is 0 Å². The number of aliphatic hydroxyl groups excluding tert-OH is 1. The van der Waals surface area contributed by atoms with Crippen LogP contribution >= 0.6 is 0 Å². The summed E-state index contributed by atoms with van der Waals surface area (Å²) in [5.41, 5.74) is 1.76. The summed E-state index contributed by atoms with van der Waals surface area (Å²) in [5.74, 6) is 1.53. The van der Waals surface area contributed by atoms with Gasteiger partial charge >= 0.3 is 5.97 Å². The third-order valence-electron chi connectivity index (χ3n) is 8.95. The van der Waals surface area contributed by atoms with Gasteiger partial charge < -0.3 is 10.2 Å². The normalized spacial score (nSPS) is 46.0. The Morgan fingerprint density at radius 2 is 1.92 bits per heavy atom. The highest BCUT2D eigenvalue weighted by molar-refractivity contribution is 5.91. The van der Waals surface area contributed by atoms with Crippen LogP contribution in [0.1, 0.15) is 71.6 Å². The largest absolute Gasteiger partial charge is 0.479 e. The van der Waals surface area contributed by atoms with Crippen molar-refractivity contribution in [1.82, 2.24) is 0 Å². The third kappa shape index (κ3) is 2.59. The summed E-state index contributed by atoms with van der Waals surface area (Å²) < 4.78 is 0. The topological polar surface area (TPSA) is 74.6 Å². The van der Waals surface area contributed by atoms with Gasteiger partial charge in [0.25, 0.3) is 0 Å². The molecule has 0 aliphatic heterocycles. The second-order valence-electron chi connectivity index (χ2n) is 9.88. The van der Waals surface area contributed by atoms with E-state index in [9.17, 15) is 14.7 Å². The van der Waals surface area contributed by atoms with E-state index in [1.165, 1.54) is 24.8 Å². The highest BCUT2D eigenvalue weighted by Crippen LogP contribution is 2.67. The molecule has 4 nitrogen and oxygen atoms in total. The molecule has 3 fully saturated rings. The number of ketones is 1. The zero-order chi connectivity index (χ0) is 18.7. The summed E-state index contributed by atoms with van der Waals surface area (Å²) in [6.07, 6.45) is 9.58. The molecule has 0 spiro atoms. The van der Waals surface area contributed by atoms with Gasteiger partial charge in [0.05, 0.1) is 0 Å². The zero-order valence-electron chi connectivity index (χ0n) is 16.0. The lowest BCUT2D eigenvalue weighted by atomic mass is 9.46. The smallest absolute Gasteiger partial charge is 0.332 e. The highest BCUT2D eigenvalue weighted by atomic mass is 16.4. The van der Waals surface area contributed by atoms with Crippen molar-refractivity contribution < 1.29 is 19.8 Å². The molecule has 4 aliphatic rings. The van der Waals surface area contributed by atoms with Crippen LogP contribution in [0.15, 0.2) is 11.6 Å². The Hall–Kier alpha value is -1.16. The van der Waals surface area contributed by atoms with Crippen molar-refractivity contribution >= 4 is 11.8 Å². The first-order valence-electron chi connectivity index (χ1n) is 10.4. The van der Waals surface area contributed by atoms with Gasteiger partial charge in [-0.15, -0.1) is 0 Å². The van der Waals surface area contributed by atoms with Crippen molar-refractivity contribution in [2.24, 2.45) is 34.5 Å². The van der Waals surface area contributed by atoms with Crippen LogP contribution in [-0.4, -0.2) is 28.1 Å². The first-order valence-corrected chi connectivity index (χ1v) is 10.4. The number of hydrogen-bond acceptors (Lipinski definition) is 3. The predicted molar refractivity (Wildman–Crippen MR) is 98.5 cm³/mol. The Labute approximate surface area is 156 Å². The number of carbonyl (C=O) groups excluding carboxylic acids is 1. The molecule has 7 atom stereocenters. The fourth-order valence-electron chi connectivity index (χ4n) is 7.43. The Balaban J connectivity index is 1.57. The number of carboxylic acids is 1. The molecule has 0 aromatic heterocycles. The molecular formula is C22H32O4. The van der Waals surface area contributed by atoms with E-state index in [0.29, 0.717) is 42.3 Å². The second-order valence-corrected chi connectivity index (χ2v) is 9.88. The van der Waals surface area contributed by atoms with Crippen LogP contribution in [0.5, 0.6) is 0 Å². The van der Waals surface area contributed by atoms with Gasteiger partial charge in [-0.1, -0.05) is 19.4 Å². The SMILES string of the molecule is C[C@]12CC[C@H]3[C@@H](CCC4=CC(=O)CC[C@@]43C)[C@@H]1CC[C@H]2CC(O)C(=O)O. The van der Waals surface area contributed by atoms with E-state index in [0.717, 1.165) is 25.7 Å². The summed E-state index contributed by atoms with van der Waals surface area (Å²) in [6, 6.07) is 0. The van der Waals surface area contributed by atoms with Crippen molar-refractivity contribution in [3.05, 3.63) is 11.6 Å². The van der Waals surface area contributed by atoms with Gasteiger partial charge in [-0.2, -0.15) is 0 Å². The number of carbonyl (C=O) groups is 2. The average Bonchev–Trinajstić information content (AvgIpc) is 2.92. The molecule has 144 valence electrons. The first-order chi connectivity index (χ1) is 12.3. The van der Waals surface area contributed by atoms with E-state index in [2.05, 4.69) is 13.8 Å². The molecule has 0 saturated heterocycles. The van der Waals surface area contributed by atoms with Crippen LogP contribution in [0.2, 0.25) is 0 Å². The Morgan fingerprint density at radius 1 is 1.15 bits per heavy atom. The lowest BCUT2D eigenvalue weighted by molar-refractivity contribution is -0.148. The maximum Gasteiger partial charge on any atom is 0.332 e. The number of hydrogen-bond donors (Lipinski definition) is 2. The minimum Gasteiger partial charge on any atom is -0.479 e. The van der Waals surface area contributed by atoms with Gasteiger partial charge in [0, 0.05) is 6.42 Å². The number of carboxylic acid groups (broad SMARTS) is 1. The number of aliphatic hydroxyl groups is 1. The fourth-order valence-corrected chi connectivity index (χ4v) is 7.43. The van der Waals surface area contributed by atoms with E-state index in [-0.39, 0.29) is 10.8 Å². The van der Waals surface area contributed by atoms with Gasteiger partial charge in [-0.05, 0) is 91.9 Å². The van der Waals surface area contributed by atoms with Crippen LogP contribution in [-0.2, 0) is 9.59 Å². The van der Waals surface area contributed by atoms with Crippen molar-refractivity contribution in [1.29, 1.82) is 0 Å². The molecule has 4 rings (SSSR count). The van der Waals surface area contributed by atoms with E-state index in [1.54, 1.807) is 0 Å². The molecule has 2 N–H and O–H groups in total. The number of allylic oxidation sites excluding steroid dienone is 1. The summed E-state index contributed by atoms with van der Waals surface area (Å²) >= 11 is 0. The summed E-state index contributed by atoms with van der Waals surface area (Å²) in [4.78, 5) is 23.0. The summed E-state index contributed by atoms with van der Waals surface area (Å²) in [7, 11) is 0. The van der Waals surface area contributed by atoms with Gasteiger partial charge in [0.1, 0.15) is 0 Å². The lowest BCUT2D eigenvalue weighted by Gasteiger charge is -2.58. The molecule has 4 heteroatoms. The molecule has 0 aromatic carbocycles. The molecule has 4 aliphatic carbocycles. The minimum absolute atomic E-state index is 0.166. The predicted octanol–water partition coefficient (Wildman–Crippen LogP) is 3.97. The maximum absolute atomic E-state index is 11.9. The summed E-state index contributed by atoms with van der Waals surface area (Å²) in [6.45, 7) is 4.75. The molecule has 3 saturated carbocycles. The average molecular weight is 360 g/mol. The van der Waals surface area contributed by atoms with Crippen LogP contribution in [0, 0.1) is 34.5 Å². The minimum atomic E-state index is -1.23. The van der Waals surface area contributed by atoms with Crippen molar-refractivity contribution in [2.75, 3.05) is 0 Å². The van der Waals surface area contributed by atoms with Gasteiger partial charge in [-0.3, -0.25) is 4.79 Å². The zero-order valence-corrected chi connectivity index (χ0v) is 16.0. The van der Waals surface area contributed by atoms with Crippen molar-refractivity contribution in [2.45, 2.75) is 77.7 Å². The molecule has 26 heavy (non-hydrogen) atoms. The molecule has 0 radical (unpaired) electrons. The monoisotopic (exact) mass is 360 g/mol. The van der Waals surface area contributed by atoms with Gasteiger partial charge in [0.15, 0.2) is 11.9 Å². The van der Waals surface area contributed by atoms with Crippen LogP contribution < -0.4 is 0 Å². The number of aliphatic carboxylic acids is 1. The Kier molecular flexibility index (Phi) is 4.33. The van der Waals surface area contributed by atoms with Crippen LogP contribution in [0.3, 0.4) is 0 Å². The molecule has 0 heterocycles. The molecule has 0 amide bonds. The second kappa shape index (κ2) is 6.19. The van der Waals surface area contributed by atoms with Crippen LogP contribution in [0.4, 0.5) is 0 Å². The van der Waals surface area contributed by atoms with E-state index < -0.39 is 12.1 Å². The van der Waals surface area contributed by atoms with Gasteiger partial charge in [0.2, 0.25) is 0 Å². The van der Waals surface area contributed by atoms with Crippen LogP contribution in [0.25, 0.3) is 0 Å². The highest BCUT2D eigenvalue weighted by Gasteiger charge is 2.59.